The summed E-state index contributed by atoms with van der Waals surface area (Å²) in [6.07, 6.45) is 1.07. The van der Waals surface area contributed by atoms with Gasteiger partial charge in [0, 0.05) is 19.7 Å². The van der Waals surface area contributed by atoms with Crippen molar-refractivity contribution in [1.29, 1.82) is 0 Å². The van der Waals surface area contributed by atoms with Gasteiger partial charge in [-0.3, -0.25) is 0 Å². The Bertz CT molecular complexity index is 372. The van der Waals surface area contributed by atoms with Gasteiger partial charge in [-0.15, -0.1) is 0 Å². The number of nitrogens with zero attached hydrogens (tertiary/aromatic N) is 3. The number of anilines is 1. The molecule has 1 N–H and O–H groups in total. The summed E-state index contributed by atoms with van der Waals surface area (Å²) in [5.41, 5.74) is 0. The topological polar surface area (TPSA) is 50.3 Å². The second-order valence-corrected chi connectivity index (χ2v) is 4.62. The predicted octanol–water partition coefficient (Wildman–Crippen LogP) is 2.42. The summed E-state index contributed by atoms with van der Waals surface area (Å²) in [4.78, 5) is 10.8. The molecule has 0 saturated heterocycles. The maximum atomic E-state index is 5.94. The van der Waals surface area contributed by atoms with Crippen molar-refractivity contribution in [1.82, 2.24) is 14.9 Å². The molecule has 1 rings (SSSR count). The van der Waals surface area contributed by atoms with E-state index in [4.69, 9.17) is 16.3 Å². The van der Waals surface area contributed by atoms with Crippen LogP contribution >= 0.6 is 11.6 Å². The van der Waals surface area contributed by atoms with Gasteiger partial charge < -0.3 is 15.0 Å². The maximum absolute atomic E-state index is 5.94. The van der Waals surface area contributed by atoms with E-state index in [9.17, 15) is 0 Å². The van der Waals surface area contributed by atoms with Crippen molar-refractivity contribution < 1.29 is 4.74 Å². The van der Waals surface area contributed by atoms with Crippen LogP contribution in [-0.2, 0) is 11.3 Å². The molecule has 0 atom stereocenters. The van der Waals surface area contributed by atoms with Crippen LogP contribution in [0.1, 0.15) is 26.1 Å². The maximum Gasteiger partial charge on any atom is 0.158 e. The molecule has 0 amide bonds. The van der Waals surface area contributed by atoms with Gasteiger partial charge in [-0.2, -0.15) is 0 Å². The molecule has 0 aliphatic heterocycles. The lowest BCUT2D eigenvalue weighted by Gasteiger charge is -2.17. The second-order valence-electron chi connectivity index (χ2n) is 4.23. The van der Waals surface area contributed by atoms with E-state index in [0.29, 0.717) is 17.6 Å². The number of methoxy groups -OCH3 is 1. The van der Waals surface area contributed by atoms with Crippen LogP contribution in [0.25, 0.3) is 0 Å². The Morgan fingerprint density at radius 2 is 2.05 bits per heavy atom. The van der Waals surface area contributed by atoms with Gasteiger partial charge in [0.25, 0.3) is 0 Å². The van der Waals surface area contributed by atoms with E-state index < -0.39 is 0 Å². The number of ether oxygens (including phenoxy) is 1. The van der Waals surface area contributed by atoms with Crippen LogP contribution in [0.4, 0.5) is 5.82 Å². The first kappa shape index (κ1) is 16.1. The molecule has 0 aliphatic rings. The van der Waals surface area contributed by atoms with Crippen LogP contribution in [-0.4, -0.2) is 48.2 Å². The summed E-state index contributed by atoms with van der Waals surface area (Å²) in [6.45, 7) is 8.87. The van der Waals surface area contributed by atoms with Gasteiger partial charge in [-0.05, 0) is 26.1 Å². The van der Waals surface area contributed by atoms with Crippen molar-refractivity contribution in [3.05, 3.63) is 17.0 Å². The molecule has 0 unspecified atom stereocenters. The van der Waals surface area contributed by atoms with Crippen LogP contribution in [0.5, 0.6) is 0 Å². The Hall–Kier alpha value is -0.910. The highest BCUT2D eigenvalue weighted by Crippen LogP contribution is 2.12. The quantitative estimate of drug-likeness (QED) is 0.558. The molecule has 0 fully saturated rings. The van der Waals surface area contributed by atoms with E-state index >= 15 is 0 Å². The molecule has 1 aromatic heterocycles. The molecule has 1 aromatic rings. The van der Waals surface area contributed by atoms with E-state index in [2.05, 4.69) is 34.0 Å². The normalized spacial score (nSPS) is 11.0. The molecule has 108 valence electrons. The number of nitrogens with one attached hydrogen (secondary N) is 1. The van der Waals surface area contributed by atoms with Crippen molar-refractivity contribution in [3.63, 3.8) is 0 Å². The van der Waals surface area contributed by atoms with Crippen molar-refractivity contribution in [2.24, 2.45) is 0 Å². The number of rotatable bonds is 9. The van der Waals surface area contributed by atoms with Crippen LogP contribution in [0.15, 0.2) is 6.07 Å². The first-order chi connectivity index (χ1) is 9.19. The van der Waals surface area contributed by atoms with E-state index in [1.54, 1.807) is 13.2 Å². The highest BCUT2D eigenvalue weighted by Gasteiger charge is 2.03. The molecule has 0 bridgehead atoms. The third-order valence-corrected chi connectivity index (χ3v) is 3.06. The molecule has 0 aliphatic carbocycles. The van der Waals surface area contributed by atoms with Gasteiger partial charge in [0.1, 0.15) is 17.6 Å². The van der Waals surface area contributed by atoms with Crippen molar-refractivity contribution in [2.75, 3.05) is 38.6 Å². The molecule has 1 heterocycles. The minimum Gasteiger partial charge on any atom is -0.377 e. The van der Waals surface area contributed by atoms with Gasteiger partial charge in [-0.1, -0.05) is 25.4 Å². The molecule has 6 heteroatoms. The molecule has 0 aromatic carbocycles. The van der Waals surface area contributed by atoms with Gasteiger partial charge in [0.2, 0.25) is 0 Å². The lowest BCUT2D eigenvalue weighted by molar-refractivity contribution is 0.178. The molecular weight excluding hydrogens is 264 g/mol. The monoisotopic (exact) mass is 286 g/mol. The fourth-order valence-corrected chi connectivity index (χ4v) is 2.01. The number of halogens is 1. The third-order valence-electron chi connectivity index (χ3n) is 2.87. The highest BCUT2D eigenvalue weighted by molar-refractivity contribution is 6.29. The molecule has 0 radical (unpaired) electrons. The van der Waals surface area contributed by atoms with Gasteiger partial charge in [0.05, 0.1) is 0 Å². The van der Waals surface area contributed by atoms with Crippen LogP contribution in [0.3, 0.4) is 0 Å². The fraction of sp³-hybridized carbons (Fsp3) is 0.692. The van der Waals surface area contributed by atoms with Gasteiger partial charge >= 0.3 is 0 Å². The van der Waals surface area contributed by atoms with Crippen molar-refractivity contribution in [2.45, 2.75) is 26.9 Å². The number of hydrogen-bond donors (Lipinski definition) is 1. The van der Waals surface area contributed by atoms with E-state index in [1.807, 2.05) is 0 Å². The zero-order chi connectivity index (χ0) is 14.1. The van der Waals surface area contributed by atoms with Crippen molar-refractivity contribution >= 4 is 17.4 Å². The molecule has 19 heavy (non-hydrogen) atoms. The highest BCUT2D eigenvalue weighted by atomic mass is 35.5. The summed E-state index contributed by atoms with van der Waals surface area (Å²) in [5, 5.41) is 3.71. The lowest BCUT2D eigenvalue weighted by Crippen LogP contribution is -2.25. The first-order valence-electron chi connectivity index (χ1n) is 6.68. The SMILES string of the molecule is CCN(CC)CCCNc1cc(Cl)nc(COC)n1. The van der Waals surface area contributed by atoms with Crippen LogP contribution in [0, 0.1) is 0 Å². The summed E-state index contributed by atoms with van der Waals surface area (Å²) in [5.74, 6) is 1.35. The Morgan fingerprint density at radius 1 is 1.32 bits per heavy atom. The van der Waals surface area contributed by atoms with Crippen molar-refractivity contribution in [3.8, 4) is 0 Å². The Balaban J connectivity index is 2.40. The van der Waals surface area contributed by atoms with E-state index in [0.717, 1.165) is 38.4 Å². The largest absolute Gasteiger partial charge is 0.377 e. The standard InChI is InChI=1S/C13H23ClN4O/c1-4-18(5-2)8-6-7-15-12-9-11(14)16-13(17-12)10-19-3/h9H,4-8,10H2,1-3H3,(H,15,16,17). The predicted molar refractivity (Wildman–Crippen MR) is 78.6 cm³/mol. The third kappa shape index (κ3) is 6.18. The Morgan fingerprint density at radius 3 is 2.68 bits per heavy atom. The summed E-state index contributed by atoms with van der Waals surface area (Å²) >= 11 is 5.94. The summed E-state index contributed by atoms with van der Waals surface area (Å²) in [7, 11) is 1.61. The average Bonchev–Trinajstić information content (AvgIpc) is 2.39. The number of hydrogen-bond acceptors (Lipinski definition) is 5. The fourth-order valence-electron chi connectivity index (χ4n) is 1.81. The minimum atomic E-state index is 0.370. The Labute approximate surface area is 120 Å². The average molecular weight is 287 g/mol. The first-order valence-corrected chi connectivity index (χ1v) is 7.06. The van der Waals surface area contributed by atoms with Gasteiger partial charge in [0.15, 0.2) is 5.82 Å². The molecule has 0 saturated carbocycles. The number of aromatic nitrogens is 2. The van der Waals surface area contributed by atoms with Gasteiger partial charge in [-0.25, -0.2) is 9.97 Å². The smallest absolute Gasteiger partial charge is 0.158 e. The zero-order valence-corrected chi connectivity index (χ0v) is 12.7. The van der Waals surface area contributed by atoms with Crippen LogP contribution in [0.2, 0.25) is 5.15 Å². The zero-order valence-electron chi connectivity index (χ0n) is 11.9. The molecule has 5 nitrogen and oxygen atoms in total. The van der Waals surface area contributed by atoms with E-state index in [-0.39, 0.29) is 0 Å². The second kappa shape index (κ2) is 9.07. The molecule has 0 spiro atoms. The summed E-state index contributed by atoms with van der Waals surface area (Å²) in [6, 6.07) is 1.73. The Kier molecular flexibility index (Phi) is 7.70. The van der Waals surface area contributed by atoms with Crippen LogP contribution < -0.4 is 5.32 Å². The summed E-state index contributed by atoms with van der Waals surface area (Å²) < 4.78 is 5.01. The molecular formula is C13H23ClN4O. The lowest BCUT2D eigenvalue weighted by atomic mass is 10.3. The minimum absolute atomic E-state index is 0.370. The van der Waals surface area contributed by atoms with E-state index in [1.165, 1.54) is 0 Å².